The largest absolute Gasteiger partial charge is 0.480 e. The molecule has 16 heteroatoms. The fraction of sp³-hybridized carbons (Fsp3) is 0.650. The van der Waals surface area contributed by atoms with E-state index in [-0.39, 0.29) is 11.3 Å². The molecule has 2 aliphatic rings. The van der Waals surface area contributed by atoms with Crippen molar-refractivity contribution in [3.8, 4) is 0 Å². The summed E-state index contributed by atoms with van der Waals surface area (Å²) < 4.78 is 28.5. The minimum absolute atomic E-state index is 0.0236. The van der Waals surface area contributed by atoms with Crippen LogP contribution in [0.25, 0.3) is 5.52 Å². The predicted octanol–water partition coefficient (Wildman–Crippen LogP) is 1.13. The SMILES string of the molecule is COCC(C(=O)O)P(=O)(O)OOC[C@H]1O[C@@H](c2ccc3c(NC4CCCC4)nc(Cl)nn23)[C@H](O)[C@@H]1O. The molecule has 1 aliphatic heterocycles. The molecule has 0 radical (unpaired) electrons. The van der Waals surface area contributed by atoms with Gasteiger partial charge in [0.1, 0.15) is 36.5 Å². The van der Waals surface area contributed by atoms with Gasteiger partial charge in [-0.05, 0) is 36.6 Å². The maximum atomic E-state index is 12.2. The molecule has 2 unspecified atom stereocenters. The highest BCUT2D eigenvalue weighted by atomic mass is 35.5. The average Bonchev–Trinajstić information content (AvgIpc) is 3.53. The monoisotopic (exact) mass is 550 g/mol. The third-order valence-corrected chi connectivity index (χ3v) is 7.90. The number of nitrogens with one attached hydrogen (secondary N) is 1. The molecule has 1 saturated carbocycles. The van der Waals surface area contributed by atoms with Crippen molar-refractivity contribution in [3.63, 3.8) is 0 Å². The van der Waals surface area contributed by atoms with Gasteiger partial charge < -0.3 is 35.0 Å². The quantitative estimate of drug-likeness (QED) is 0.152. The molecule has 14 nitrogen and oxygen atoms in total. The van der Waals surface area contributed by atoms with E-state index in [4.69, 9.17) is 26.3 Å². The standard InChI is InChI=1S/C20H28ClN4O10P/c1-32-9-14(19(28)29)36(30,31)35-33-8-13-15(26)16(27)17(34-13)11-6-7-12-18(22-10-4-2-3-5-10)23-20(21)24-25(11)12/h6-7,10,13-17,26-27H,2-5,8-9H2,1H3,(H,28,29)(H,30,31)(H,22,23,24)/t13-,14?,15-,16-,17+/m1/s1. The maximum Gasteiger partial charge on any atom is 0.371 e. The van der Waals surface area contributed by atoms with Gasteiger partial charge in [0.15, 0.2) is 11.5 Å². The molecule has 0 aromatic carbocycles. The summed E-state index contributed by atoms with van der Waals surface area (Å²) in [5.41, 5.74) is -0.884. The molecule has 3 heterocycles. The average molecular weight is 551 g/mol. The number of halogens is 1. The van der Waals surface area contributed by atoms with Gasteiger partial charge in [0.25, 0.3) is 0 Å². The minimum atomic E-state index is -4.78. The van der Waals surface area contributed by atoms with E-state index in [9.17, 15) is 24.5 Å². The van der Waals surface area contributed by atoms with Gasteiger partial charge in [0, 0.05) is 13.2 Å². The van der Waals surface area contributed by atoms with Crippen molar-refractivity contribution < 1.29 is 48.6 Å². The predicted molar refractivity (Wildman–Crippen MR) is 124 cm³/mol. The van der Waals surface area contributed by atoms with Crippen molar-refractivity contribution in [2.45, 2.75) is 61.8 Å². The fourth-order valence-electron chi connectivity index (χ4n) is 4.39. The van der Waals surface area contributed by atoms with E-state index in [0.717, 1.165) is 32.8 Å². The van der Waals surface area contributed by atoms with Gasteiger partial charge in [0.05, 0.1) is 12.3 Å². The van der Waals surface area contributed by atoms with E-state index < -0.39 is 56.9 Å². The molecule has 6 atom stereocenters. The van der Waals surface area contributed by atoms with Gasteiger partial charge in [-0.1, -0.05) is 12.8 Å². The molecular weight excluding hydrogens is 523 g/mol. The Labute approximate surface area is 210 Å². The summed E-state index contributed by atoms with van der Waals surface area (Å²) in [6.07, 6.45) is -0.801. The number of carboxylic acids is 1. The Bertz CT molecular complexity index is 1130. The van der Waals surface area contributed by atoms with Crippen molar-refractivity contribution in [1.29, 1.82) is 0 Å². The van der Waals surface area contributed by atoms with Crippen LogP contribution in [0.15, 0.2) is 12.1 Å². The van der Waals surface area contributed by atoms with Crippen molar-refractivity contribution in [2.75, 3.05) is 25.6 Å². The Morgan fingerprint density at radius 3 is 2.72 bits per heavy atom. The van der Waals surface area contributed by atoms with Gasteiger partial charge in [-0.2, -0.15) is 4.98 Å². The summed E-state index contributed by atoms with van der Waals surface area (Å²) in [4.78, 5) is 30.1. The number of anilines is 1. The highest BCUT2D eigenvalue weighted by Gasteiger charge is 2.46. The number of ether oxygens (including phenoxy) is 2. The number of aliphatic hydroxyl groups is 2. The molecule has 0 amide bonds. The van der Waals surface area contributed by atoms with Crippen LogP contribution in [0.5, 0.6) is 0 Å². The Balaban J connectivity index is 1.46. The third kappa shape index (κ3) is 5.67. The Hall–Kier alpha value is -1.87. The van der Waals surface area contributed by atoms with Gasteiger partial charge in [0.2, 0.25) is 5.28 Å². The van der Waals surface area contributed by atoms with Crippen molar-refractivity contribution >= 4 is 36.5 Å². The number of aliphatic carboxylic acids is 1. The Kier molecular flexibility index (Phi) is 8.49. The van der Waals surface area contributed by atoms with Gasteiger partial charge in [-0.25, -0.2) is 9.40 Å². The number of hydrogen-bond acceptors (Lipinski definition) is 11. The van der Waals surface area contributed by atoms with Crippen LogP contribution >= 0.6 is 19.2 Å². The van der Waals surface area contributed by atoms with E-state index in [2.05, 4.69) is 24.8 Å². The van der Waals surface area contributed by atoms with E-state index in [1.165, 1.54) is 4.52 Å². The molecular formula is C20H28ClN4O10P. The number of methoxy groups -OCH3 is 1. The smallest absolute Gasteiger partial charge is 0.371 e. The minimum Gasteiger partial charge on any atom is -0.480 e. The number of rotatable bonds is 11. The van der Waals surface area contributed by atoms with E-state index >= 15 is 0 Å². The van der Waals surface area contributed by atoms with Gasteiger partial charge in [-0.15, -0.1) is 9.77 Å². The molecule has 1 saturated heterocycles. The van der Waals surface area contributed by atoms with E-state index in [0.29, 0.717) is 17.0 Å². The first kappa shape index (κ1) is 27.2. The van der Waals surface area contributed by atoms with E-state index in [1.807, 2.05) is 0 Å². The number of aliphatic hydroxyl groups excluding tert-OH is 2. The molecule has 0 bridgehead atoms. The lowest BCUT2D eigenvalue weighted by Gasteiger charge is -2.19. The first-order valence-electron chi connectivity index (χ1n) is 11.3. The number of nitrogens with zero attached hydrogens (tertiary/aromatic N) is 3. The number of fused-ring (bicyclic) bond motifs is 1. The van der Waals surface area contributed by atoms with Crippen LogP contribution in [0.4, 0.5) is 5.82 Å². The molecule has 2 aromatic heterocycles. The molecule has 4 rings (SSSR count). The molecule has 36 heavy (non-hydrogen) atoms. The normalized spacial score (nSPS) is 27.4. The van der Waals surface area contributed by atoms with Crippen LogP contribution in [0.3, 0.4) is 0 Å². The van der Waals surface area contributed by atoms with Gasteiger partial charge in [-0.3, -0.25) is 9.36 Å². The van der Waals surface area contributed by atoms with Crippen LogP contribution in [0, 0.1) is 0 Å². The molecule has 2 fully saturated rings. The van der Waals surface area contributed by atoms with Crippen LogP contribution in [0.2, 0.25) is 5.28 Å². The zero-order valence-corrected chi connectivity index (χ0v) is 20.9. The number of hydrogen-bond donors (Lipinski definition) is 5. The van der Waals surface area contributed by atoms with Crippen LogP contribution < -0.4 is 5.32 Å². The second-order valence-electron chi connectivity index (χ2n) is 8.72. The Morgan fingerprint density at radius 2 is 2.06 bits per heavy atom. The maximum absolute atomic E-state index is 12.2. The Morgan fingerprint density at radius 1 is 1.33 bits per heavy atom. The molecule has 200 valence electrons. The lowest BCUT2D eigenvalue weighted by atomic mass is 10.1. The third-order valence-electron chi connectivity index (χ3n) is 6.26. The topological polar surface area (TPSA) is 194 Å². The lowest BCUT2D eigenvalue weighted by Crippen LogP contribution is -2.33. The summed E-state index contributed by atoms with van der Waals surface area (Å²) in [5, 5.41) is 37.8. The molecule has 5 N–H and O–H groups in total. The fourth-order valence-corrected chi connectivity index (χ4v) is 5.49. The van der Waals surface area contributed by atoms with E-state index in [1.54, 1.807) is 12.1 Å². The zero-order valence-electron chi connectivity index (χ0n) is 19.3. The molecule has 0 spiro atoms. The van der Waals surface area contributed by atoms with Crippen LogP contribution in [-0.2, 0) is 28.4 Å². The summed E-state index contributed by atoms with van der Waals surface area (Å²) in [7, 11) is -3.61. The zero-order chi connectivity index (χ0) is 26.0. The van der Waals surface area contributed by atoms with Crippen LogP contribution in [-0.4, -0.2) is 91.1 Å². The molecule has 2 aromatic rings. The number of carbonyl (C=O) groups is 1. The summed E-state index contributed by atoms with van der Waals surface area (Å²) >= 11 is 6.15. The highest BCUT2D eigenvalue weighted by Crippen LogP contribution is 2.48. The second-order valence-corrected chi connectivity index (χ2v) is 11.0. The molecule has 1 aliphatic carbocycles. The number of aromatic nitrogens is 3. The van der Waals surface area contributed by atoms with Crippen molar-refractivity contribution in [1.82, 2.24) is 14.6 Å². The number of carboxylic acid groups (broad SMARTS) is 1. The van der Waals surface area contributed by atoms with Crippen molar-refractivity contribution in [2.24, 2.45) is 0 Å². The lowest BCUT2D eigenvalue weighted by molar-refractivity contribution is -0.238. The van der Waals surface area contributed by atoms with Gasteiger partial charge >= 0.3 is 13.6 Å². The highest BCUT2D eigenvalue weighted by molar-refractivity contribution is 7.54. The first-order valence-corrected chi connectivity index (χ1v) is 13.3. The van der Waals surface area contributed by atoms with Crippen LogP contribution in [0.1, 0.15) is 37.5 Å². The van der Waals surface area contributed by atoms with Crippen molar-refractivity contribution in [3.05, 3.63) is 23.1 Å². The summed E-state index contributed by atoms with van der Waals surface area (Å²) in [6.45, 7) is -1.16. The summed E-state index contributed by atoms with van der Waals surface area (Å²) in [5.74, 6) is -1.07. The first-order chi connectivity index (χ1) is 17.1. The summed E-state index contributed by atoms with van der Waals surface area (Å²) in [6, 6.07) is 3.66. The second kappa shape index (κ2) is 11.3.